The number of anilines is 1. The Morgan fingerprint density at radius 2 is 1.96 bits per heavy atom. The molecule has 1 N–H and O–H groups in total. The smallest absolute Gasteiger partial charge is 0.257 e. The molecule has 0 bridgehead atoms. The van der Waals surface area contributed by atoms with E-state index in [1.807, 2.05) is 30.3 Å². The van der Waals surface area contributed by atoms with E-state index in [4.69, 9.17) is 9.47 Å². The van der Waals surface area contributed by atoms with Crippen molar-refractivity contribution in [1.29, 1.82) is 0 Å². The number of nitrogens with one attached hydrogen (secondary N) is 1. The monoisotopic (exact) mass is 381 g/mol. The third-order valence-corrected chi connectivity index (χ3v) is 4.74. The Labute approximate surface area is 161 Å². The minimum absolute atomic E-state index is 0.294. The minimum Gasteiger partial charge on any atom is -0.493 e. The molecular formula is C20H19N3O3S. The van der Waals surface area contributed by atoms with Gasteiger partial charge in [-0.15, -0.1) is 16.8 Å². The van der Waals surface area contributed by atoms with Crippen LogP contribution in [0.1, 0.15) is 15.9 Å². The summed E-state index contributed by atoms with van der Waals surface area (Å²) in [5.41, 5.74) is 2.22. The van der Waals surface area contributed by atoms with E-state index in [0.29, 0.717) is 28.6 Å². The standard InChI is InChI=1S/C20H19N3O3S/c1-4-8-14-11-15(12-16(25-2)17(14)26-3)18(24)21-20-23-22-19(27-20)13-9-6-5-7-10-13/h4-7,9-12H,1,8H2,2-3H3,(H,21,23,24). The summed E-state index contributed by atoms with van der Waals surface area (Å²) in [4.78, 5) is 12.7. The molecule has 0 spiro atoms. The number of benzene rings is 2. The lowest BCUT2D eigenvalue weighted by molar-refractivity contribution is 0.102. The van der Waals surface area contributed by atoms with Gasteiger partial charge >= 0.3 is 0 Å². The van der Waals surface area contributed by atoms with Crippen molar-refractivity contribution < 1.29 is 14.3 Å². The molecule has 138 valence electrons. The van der Waals surface area contributed by atoms with Crippen LogP contribution in [0.15, 0.2) is 55.1 Å². The van der Waals surface area contributed by atoms with Crippen molar-refractivity contribution >= 4 is 22.4 Å². The van der Waals surface area contributed by atoms with Gasteiger partial charge in [-0.05, 0) is 18.6 Å². The minimum atomic E-state index is -0.294. The lowest BCUT2D eigenvalue weighted by Gasteiger charge is -2.14. The van der Waals surface area contributed by atoms with Gasteiger partial charge < -0.3 is 9.47 Å². The van der Waals surface area contributed by atoms with Crippen molar-refractivity contribution in [2.24, 2.45) is 0 Å². The van der Waals surface area contributed by atoms with Crippen LogP contribution in [0.25, 0.3) is 10.6 Å². The second-order valence-electron chi connectivity index (χ2n) is 5.60. The topological polar surface area (TPSA) is 73.3 Å². The van der Waals surface area contributed by atoms with Crippen molar-refractivity contribution in [3.63, 3.8) is 0 Å². The number of carbonyl (C=O) groups excluding carboxylic acids is 1. The Kier molecular flexibility index (Phi) is 5.83. The maximum absolute atomic E-state index is 12.7. The number of allylic oxidation sites excluding steroid dienone is 1. The number of hydrogen-bond acceptors (Lipinski definition) is 6. The molecule has 0 aliphatic carbocycles. The number of carbonyl (C=O) groups is 1. The maximum Gasteiger partial charge on any atom is 0.257 e. The summed E-state index contributed by atoms with van der Waals surface area (Å²) in [5.74, 6) is 0.789. The first-order valence-electron chi connectivity index (χ1n) is 8.22. The Balaban J connectivity index is 1.85. The molecule has 0 fully saturated rings. The van der Waals surface area contributed by atoms with Gasteiger partial charge in [-0.2, -0.15) is 0 Å². The van der Waals surface area contributed by atoms with Crippen LogP contribution >= 0.6 is 11.3 Å². The molecule has 2 aromatic carbocycles. The average Bonchev–Trinajstić information content (AvgIpc) is 3.16. The Bertz CT molecular complexity index is 954. The van der Waals surface area contributed by atoms with Crippen molar-refractivity contribution in [2.45, 2.75) is 6.42 Å². The van der Waals surface area contributed by atoms with E-state index < -0.39 is 0 Å². The summed E-state index contributed by atoms with van der Waals surface area (Å²) in [6.45, 7) is 3.75. The molecule has 0 saturated carbocycles. The van der Waals surface area contributed by atoms with Crippen molar-refractivity contribution in [1.82, 2.24) is 10.2 Å². The summed E-state index contributed by atoms with van der Waals surface area (Å²) >= 11 is 1.31. The van der Waals surface area contributed by atoms with Crippen LogP contribution in [0, 0.1) is 0 Å². The third-order valence-electron chi connectivity index (χ3n) is 3.85. The van der Waals surface area contributed by atoms with Crippen LogP contribution in [0.5, 0.6) is 11.5 Å². The number of ether oxygens (including phenoxy) is 2. The number of methoxy groups -OCH3 is 2. The Hall–Kier alpha value is -3.19. The number of nitrogens with zero attached hydrogens (tertiary/aromatic N) is 2. The van der Waals surface area contributed by atoms with Crippen LogP contribution in [-0.2, 0) is 6.42 Å². The number of rotatable bonds is 7. The highest BCUT2D eigenvalue weighted by Gasteiger charge is 2.17. The lowest BCUT2D eigenvalue weighted by Crippen LogP contribution is -2.13. The summed E-state index contributed by atoms with van der Waals surface area (Å²) in [5, 5.41) is 12.2. The SMILES string of the molecule is C=CCc1cc(C(=O)Nc2nnc(-c3ccccc3)s2)cc(OC)c1OC. The van der Waals surface area contributed by atoms with E-state index in [1.54, 1.807) is 25.3 Å². The molecule has 7 heteroatoms. The van der Waals surface area contributed by atoms with E-state index in [1.165, 1.54) is 18.4 Å². The van der Waals surface area contributed by atoms with Gasteiger partial charge in [0.25, 0.3) is 5.91 Å². The second kappa shape index (κ2) is 8.46. The van der Waals surface area contributed by atoms with Gasteiger partial charge in [0.15, 0.2) is 11.5 Å². The normalized spacial score (nSPS) is 10.3. The molecule has 1 amide bonds. The van der Waals surface area contributed by atoms with Crippen LogP contribution in [0.2, 0.25) is 0 Å². The zero-order valence-corrected chi connectivity index (χ0v) is 15.9. The van der Waals surface area contributed by atoms with Gasteiger partial charge in [0.1, 0.15) is 5.01 Å². The average molecular weight is 381 g/mol. The molecule has 3 rings (SSSR count). The van der Waals surface area contributed by atoms with Gasteiger partial charge in [-0.25, -0.2) is 0 Å². The van der Waals surface area contributed by atoms with Crippen LogP contribution in [0.3, 0.4) is 0 Å². The molecule has 0 unspecified atom stereocenters. The number of aromatic nitrogens is 2. The highest BCUT2D eigenvalue weighted by atomic mass is 32.1. The van der Waals surface area contributed by atoms with E-state index in [0.717, 1.165) is 16.1 Å². The van der Waals surface area contributed by atoms with E-state index in [2.05, 4.69) is 22.1 Å². The van der Waals surface area contributed by atoms with Crippen LogP contribution in [0.4, 0.5) is 5.13 Å². The van der Waals surface area contributed by atoms with E-state index in [-0.39, 0.29) is 5.91 Å². The molecule has 0 saturated heterocycles. The molecule has 0 radical (unpaired) electrons. The van der Waals surface area contributed by atoms with Crippen molar-refractivity contribution in [3.8, 4) is 22.1 Å². The molecule has 27 heavy (non-hydrogen) atoms. The molecule has 1 aromatic heterocycles. The largest absolute Gasteiger partial charge is 0.493 e. The maximum atomic E-state index is 12.7. The number of amides is 1. The second-order valence-corrected chi connectivity index (χ2v) is 6.57. The fourth-order valence-electron chi connectivity index (χ4n) is 2.62. The van der Waals surface area contributed by atoms with Gasteiger partial charge in [0.05, 0.1) is 14.2 Å². The van der Waals surface area contributed by atoms with Crippen LogP contribution < -0.4 is 14.8 Å². The van der Waals surface area contributed by atoms with Crippen molar-refractivity contribution in [3.05, 3.63) is 66.2 Å². The predicted molar refractivity (Wildman–Crippen MR) is 107 cm³/mol. The zero-order chi connectivity index (χ0) is 19.2. The van der Waals surface area contributed by atoms with Crippen LogP contribution in [-0.4, -0.2) is 30.3 Å². The molecule has 6 nitrogen and oxygen atoms in total. The summed E-state index contributed by atoms with van der Waals surface area (Å²) in [6.07, 6.45) is 2.30. The number of hydrogen-bond donors (Lipinski definition) is 1. The first kappa shape index (κ1) is 18.6. The molecule has 1 heterocycles. The van der Waals surface area contributed by atoms with Gasteiger partial charge in [-0.1, -0.05) is 47.7 Å². The molecule has 3 aromatic rings. The quantitative estimate of drug-likeness (QED) is 0.621. The van der Waals surface area contributed by atoms with E-state index >= 15 is 0 Å². The zero-order valence-electron chi connectivity index (χ0n) is 15.1. The van der Waals surface area contributed by atoms with Gasteiger partial charge in [0, 0.05) is 16.7 Å². The fourth-order valence-corrected chi connectivity index (χ4v) is 3.37. The van der Waals surface area contributed by atoms with Gasteiger partial charge in [-0.3, -0.25) is 10.1 Å². The van der Waals surface area contributed by atoms with E-state index in [9.17, 15) is 4.79 Å². The highest BCUT2D eigenvalue weighted by molar-refractivity contribution is 7.18. The fraction of sp³-hybridized carbons (Fsp3) is 0.150. The Morgan fingerprint density at radius 3 is 2.63 bits per heavy atom. The lowest BCUT2D eigenvalue weighted by atomic mass is 10.1. The molecular weight excluding hydrogens is 362 g/mol. The Morgan fingerprint density at radius 1 is 1.19 bits per heavy atom. The van der Waals surface area contributed by atoms with Crippen molar-refractivity contribution in [2.75, 3.05) is 19.5 Å². The molecule has 0 aliphatic heterocycles. The molecule has 0 atom stereocenters. The van der Waals surface area contributed by atoms with Gasteiger partial charge in [0.2, 0.25) is 5.13 Å². The summed E-state index contributed by atoms with van der Waals surface area (Å²) in [7, 11) is 3.10. The molecule has 0 aliphatic rings. The third kappa shape index (κ3) is 4.15. The first-order valence-corrected chi connectivity index (χ1v) is 9.04. The summed E-state index contributed by atoms with van der Waals surface area (Å²) in [6, 6.07) is 13.1. The predicted octanol–water partition coefficient (Wildman–Crippen LogP) is 4.20. The first-order chi connectivity index (χ1) is 13.2. The highest BCUT2D eigenvalue weighted by Crippen LogP contribution is 2.34. The summed E-state index contributed by atoms with van der Waals surface area (Å²) < 4.78 is 10.8.